The van der Waals surface area contributed by atoms with E-state index in [1.54, 1.807) is 19.2 Å². The van der Waals surface area contributed by atoms with Crippen LogP contribution in [0.1, 0.15) is 33.8 Å². The van der Waals surface area contributed by atoms with Gasteiger partial charge in [0.15, 0.2) is 0 Å². The smallest absolute Gasteiger partial charge is 0.345 e. The van der Waals surface area contributed by atoms with E-state index in [2.05, 4.69) is 5.32 Å². The van der Waals surface area contributed by atoms with Crippen molar-refractivity contribution in [2.75, 3.05) is 13.7 Å². The minimum atomic E-state index is -0.933. The number of carboxylic acids is 1. The van der Waals surface area contributed by atoms with E-state index in [0.717, 1.165) is 24.1 Å². The molecular formula is C13H17NO4S. The molecule has 6 heteroatoms. The number of methoxy groups -OCH3 is 1. The third-order valence-electron chi connectivity index (χ3n) is 3.51. The summed E-state index contributed by atoms with van der Waals surface area (Å²) in [7, 11) is 1.60. The number of aromatic carboxylic acids is 1. The van der Waals surface area contributed by atoms with Crippen LogP contribution in [-0.2, 0) is 16.1 Å². The number of hydrogen-bond acceptors (Lipinski definition) is 4. The van der Waals surface area contributed by atoms with Crippen molar-refractivity contribution in [1.29, 1.82) is 0 Å². The van der Waals surface area contributed by atoms with Crippen molar-refractivity contribution in [3.05, 3.63) is 21.9 Å². The van der Waals surface area contributed by atoms with Crippen LogP contribution in [0.15, 0.2) is 12.1 Å². The molecule has 5 nitrogen and oxygen atoms in total. The van der Waals surface area contributed by atoms with Crippen LogP contribution in [0.3, 0.4) is 0 Å². The molecule has 1 saturated carbocycles. The maximum Gasteiger partial charge on any atom is 0.345 e. The van der Waals surface area contributed by atoms with Crippen LogP contribution in [0.2, 0.25) is 0 Å². The SMILES string of the molecule is COCC1(C(=O)NCc2ccc(C(=O)O)s2)CCC1. The summed E-state index contributed by atoms with van der Waals surface area (Å²) in [6, 6.07) is 3.29. The first kappa shape index (κ1) is 14.0. The second-order valence-electron chi connectivity index (χ2n) is 4.82. The van der Waals surface area contributed by atoms with Gasteiger partial charge in [-0.15, -0.1) is 11.3 Å². The van der Waals surface area contributed by atoms with Gasteiger partial charge in [-0.2, -0.15) is 0 Å². The van der Waals surface area contributed by atoms with E-state index < -0.39 is 5.97 Å². The van der Waals surface area contributed by atoms with Crippen molar-refractivity contribution < 1.29 is 19.4 Å². The van der Waals surface area contributed by atoms with E-state index in [4.69, 9.17) is 9.84 Å². The van der Waals surface area contributed by atoms with Gasteiger partial charge >= 0.3 is 5.97 Å². The first-order valence-electron chi connectivity index (χ1n) is 6.17. The molecular weight excluding hydrogens is 266 g/mol. The van der Waals surface area contributed by atoms with E-state index in [-0.39, 0.29) is 11.3 Å². The number of hydrogen-bond donors (Lipinski definition) is 2. The summed E-state index contributed by atoms with van der Waals surface area (Å²) in [6.07, 6.45) is 2.77. The highest BCUT2D eigenvalue weighted by Gasteiger charge is 2.43. The fraction of sp³-hybridized carbons (Fsp3) is 0.538. The Morgan fingerprint density at radius 3 is 2.68 bits per heavy atom. The van der Waals surface area contributed by atoms with Gasteiger partial charge in [0.2, 0.25) is 5.91 Å². The predicted molar refractivity (Wildman–Crippen MR) is 71.3 cm³/mol. The average molecular weight is 283 g/mol. The van der Waals surface area contributed by atoms with Crippen molar-refractivity contribution >= 4 is 23.2 Å². The highest BCUT2D eigenvalue weighted by atomic mass is 32.1. The molecule has 0 spiro atoms. The summed E-state index contributed by atoms with van der Waals surface area (Å²) in [4.78, 5) is 24.0. The summed E-state index contributed by atoms with van der Waals surface area (Å²) in [6.45, 7) is 0.825. The maximum absolute atomic E-state index is 12.1. The summed E-state index contributed by atoms with van der Waals surface area (Å²) in [5.41, 5.74) is -0.373. The quantitative estimate of drug-likeness (QED) is 0.836. The van der Waals surface area contributed by atoms with Crippen molar-refractivity contribution in [1.82, 2.24) is 5.32 Å². The molecule has 2 rings (SSSR count). The minimum absolute atomic E-state index is 0.00544. The van der Waals surface area contributed by atoms with Crippen LogP contribution in [0.4, 0.5) is 0 Å². The van der Waals surface area contributed by atoms with Gasteiger partial charge in [0.05, 0.1) is 18.6 Å². The van der Waals surface area contributed by atoms with Gasteiger partial charge < -0.3 is 15.2 Å². The minimum Gasteiger partial charge on any atom is -0.477 e. The van der Waals surface area contributed by atoms with Gasteiger partial charge in [0, 0.05) is 12.0 Å². The molecule has 0 bridgehead atoms. The van der Waals surface area contributed by atoms with E-state index in [1.165, 1.54) is 11.3 Å². The van der Waals surface area contributed by atoms with E-state index >= 15 is 0 Å². The number of thiophene rings is 1. The van der Waals surface area contributed by atoms with Gasteiger partial charge in [-0.05, 0) is 25.0 Å². The molecule has 2 N–H and O–H groups in total. The molecule has 19 heavy (non-hydrogen) atoms. The highest BCUT2D eigenvalue weighted by molar-refractivity contribution is 7.13. The van der Waals surface area contributed by atoms with Crippen LogP contribution < -0.4 is 5.32 Å². The van der Waals surface area contributed by atoms with Gasteiger partial charge in [-0.1, -0.05) is 6.42 Å². The lowest BCUT2D eigenvalue weighted by Gasteiger charge is -2.39. The van der Waals surface area contributed by atoms with Gasteiger partial charge in [-0.3, -0.25) is 4.79 Å². The third-order valence-corrected chi connectivity index (χ3v) is 4.58. The molecule has 1 aliphatic rings. The molecule has 1 aromatic heterocycles. The maximum atomic E-state index is 12.1. The Morgan fingerprint density at radius 1 is 1.47 bits per heavy atom. The van der Waals surface area contributed by atoms with Crippen molar-refractivity contribution in [3.63, 3.8) is 0 Å². The standard InChI is InChI=1S/C13H17NO4S/c1-18-8-13(5-2-6-13)12(17)14-7-9-3-4-10(19-9)11(15)16/h3-4H,2,5-8H2,1H3,(H,14,17)(H,15,16). The average Bonchev–Trinajstić information content (AvgIpc) is 2.79. The normalized spacial score (nSPS) is 16.7. The Labute approximate surface area is 115 Å². The summed E-state index contributed by atoms with van der Waals surface area (Å²) >= 11 is 1.19. The molecule has 0 aliphatic heterocycles. The van der Waals surface area contributed by atoms with Crippen LogP contribution in [0.5, 0.6) is 0 Å². The van der Waals surface area contributed by atoms with Crippen LogP contribution in [0, 0.1) is 5.41 Å². The van der Waals surface area contributed by atoms with Crippen LogP contribution >= 0.6 is 11.3 Å². The highest BCUT2D eigenvalue weighted by Crippen LogP contribution is 2.41. The first-order chi connectivity index (χ1) is 9.07. The molecule has 0 unspecified atom stereocenters. The van der Waals surface area contributed by atoms with Crippen LogP contribution in [-0.4, -0.2) is 30.7 Å². The molecule has 1 aliphatic carbocycles. The van der Waals surface area contributed by atoms with Crippen molar-refractivity contribution in [2.45, 2.75) is 25.8 Å². The second-order valence-corrected chi connectivity index (χ2v) is 5.99. The predicted octanol–water partition coefficient (Wildman–Crippen LogP) is 1.88. The third kappa shape index (κ3) is 2.96. The lowest BCUT2D eigenvalue weighted by Crippen LogP contribution is -2.48. The molecule has 0 saturated heterocycles. The number of carbonyl (C=O) groups excluding carboxylic acids is 1. The molecule has 0 aromatic carbocycles. The van der Waals surface area contributed by atoms with Crippen LogP contribution in [0.25, 0.3) is 0 Å². The first-order valence-corrected chi connectivity index (χ1v) is 6.98. The Hall–Kier alpha value is -1.40. The molecule has 1 heterocycles. The molecule has 1 aromatic rings. The topological polar surface area (TPSA) is 75.6 Å². The zero-order valence-electron chi connectivity index (χ0n) is 10.8. The second kappa shape index (κ2) is 5.71. The van der Waals surface area contributed by atoms with Crippen molar-refractivity contribution in [3.8, 4) is 0 Å². The molecule has 1 fully saturated rings. The Morgan fingerprint density at radius 2 is 2.21 bits per heavy atom. The van der Waals surface area contributed by atoms with Gasteiger partial charge in [0.25, 0.3) is 0 Å². The monoisotopic (exact) mass is 283 g/mol. The number of nitrogens with one attached hydrogen (secondary N) is 1. The largest absolute Gasteiger partial charge is 0.477 e. The zero-order chi connectivity index (χ0) is 13.9. The Bertz CT molecular complexity index is 479. The number of carboxylic acid groups (broad SMARTS) is 1. The van der Waals surface area contributed by atoms with Gasteiger partial charge in [-0.25, -0.2) is 4.79 Å². The van der Waals surface area contributed by atoms with E-state index in [0.29, 0.717) is 18.0 Å². The van der Waals surface area contributed by atoms with E-state index in [1.807, 2.05) is 0 Å². The lowest BCUT2D eigenvalue weighted by molar-refractivity contribution is -0.140. The Kier molecular flexibility index (Phi) is 4.21. The summed E-state index contributed by atoms with van der Waals surface area (Å²) < 4.78 is 5.12. The lowest BCUT2D eigenvalue weighted by atomic mass is 9.68. The van der Waals surface area contributed by atoms with E-state index in [9.17, 15) is 9.59 Å². The van der Waals surface area contributed by atoms with Crippen molar-refractivity contribution in [2.24, 2.45) is 5.41 Å². The molecule has 1 amide bonds. The van der Waals surface area contributed by atoms with Gasteiger partial charge in [0.1, 0.15) is 4.88 Å². The Balaban J connectivity index is 1.90. The number of amides is 1. The fourth-order valence-electron chi connectivity index (χ4n) is 2.26. The number of ether oxygens (including phenoxy) is 1. The number of rotatable bonds is 6. The number of carbonyl (C=O) groups is 2. The zero-order valence-corrected chi connectivity index (χ0v) is 11.6. The fourth-order valence-corrected chi connectivity index (χ4v) is 3.05. The summed E-state index contributed by atoms with van der Waals surface area (Å²) in [5.74, 6) is -0.928. The summed E-state index contributed by atoms with van der Waals surface area (Å²) in [5, 5.41) is 11.7. The molecule has 0 atom stereocenters. The molecule has 104 valence electrons. The molecule has 0 radical (unpaired) electrons.